The quantitative estimate of drug-likeness (QED) is 0.0303. The van der Waals surface area contributed by atoms with E-state index in [2.05, 4.69) is 34.7 Å². The minimum atomic E-state index is -1.30. The third kappa shape index (κ3) is 17.6. The summed E-state index contributed by atoms with van der Waals surface area (Å²) < 4.78 is 155. The number of fused-ring (bicyclic) bond motifs is 15. The highest BCUT2D eigenvalue weighted by Crippen LogP contribution is 2.52. The van der Waals surface area contributed by atoms with Crippen LogP contribution in [0.5, 0.6) is 17.2 Å². The first-order valence-electron chi connectivity index (χ1n) is 46.8. The van der Waals surface area contributed by atoms with Gasteiger partial charge in [-0.2, -0.15) is 0 Å². The van der Waals surface area contributed by atoms with E-state index in [0.29, 0.717) is 33.8 Å². The van der Waals surface area contributed by atoms with Crippen LogP contribution in [0.15, 0.2) is 162 Å². The predicted molar refractivity (Wildman–Crippen MR) is 531 cm³/mol. The van der Waals surface area contributed by atoms with Crippen molar-refractivity contribution in [3.8, 4) is 67.7 Å². The molecule has 0 spiro atoms. The molecule has 145 heavy (non-hydrogen) atoms. The summed E-state index contributed by atoms with van der Waals surface area (Å²) in [6, 6.07) is 14.9. The Labute approximate surface area is 824 Å². The molecule has 6 aliphatic heterocycles. The number of ether oxygens (including phenoxy) is 1. The highest BCUT2D eigenvalue weighted by Gasteiger charge is 2.49. The molecule has 756 valence electrons. The van der Waals surface area contributed by atoms with Gasteiger partial charge < -0.3 is 74.4 Å². The van der Waals surface area contributed by atoms with E-state index < -0.39 is 198 Å². The van der Waals surface area contributed by atoms with E-state index in [1.807, 2.05) is 53.4 Å². The van der Waals surface area contributed by atoms with Gasteiger partial charge in [-0.05, 0) is 167 Å². The number of phenols is 3. The van der Waals surface area contributed by atoms with Crippen molar-refractivity contribution in [2.24, 2.45) is 0 Å². The van der Waals surface area contributed by atoms with Gasteiger partial charge in [-0.1, -0.05) is 79.5 Å². The molecule has 30 nitrogen and oxygen atoms in total. The first kappa shape index (κ1) is 102. The van der Waals surface area contributed by atoms with E-state index in [4.69, 9.17) is 4.74 Å². The number of halogens is 9. The van der Waals surface area contributed by atoms with Gasteiger partial charge in [0, 0.05) is 112 Å². The molecule has 6 aromatic carbocycles. The number of esters is 1. The lowest BCUT2D eigenvalue weighted by Crippen LogP contribution is -2.64. The summed E-state index contributed by atoms with van der Waals surface area (Å²) in [5.74, 6) is -17.7. The van der Waals surface area contributed by atoms with Crippen molar-refractivity contribution >= 4 is 102 Å². The lowest BCUT2D eigenvalue weighted by atomic mass is 9.95. The summed E-state index contributed by atoms with van der Waals surface area (Å²) in [4.78, 5) is 148. The fourth-order valence-corrected chi connectivity index (χ4v) is 21.2. The summed E-state index contributed by atoms with van der Waals surface area (Å²) in [5.41, 5.74) is -4.45. The van der Waals surface area contributed by atoms with Crippen molar-refractivity contribution in [1.29, 1.82) is 0 Å². The number of carbonyl (C=O) groups is 6. The number of aliphatic carboxylic acids is 2. The highest BCUT2D eigenvalue weighted by molar-refractivity contribution is 6.08. The van der Waals surface area contributed by atoms with Gasteiger partial charge in [0.15, 0.2) is 17.5 Å². The smallest absolute Gasteiger partial charge is 0.325 e. The first-order chi connectivity index (χ1) is 68.8. The Hall–Kier alpha value is -16.0. The van der Waals surface area contributed by atoms with E-state index >= 15 is 44.3 Å². The molecule has 18 rings (SSSR count). The molecule has 0 aliphatic carbocycles. The van der Waals surface area contributed by atoms with Crippen molar-refractivity contribution in [2.75, 3.05) is 115 Å². The Kier molecular flexibility index (Phi) is 27.9. The van der Waals surface area contributed by atoms with Gasteiger partial charge in [0.1, 0.15) is 88.8 Å². The molecule has 6 aromatic heterocycles. The Balaban J connectivity index is 0.000000156. The molecule has 39 heteroatoms. The molecular weight excluding hydrogens is 1890 g/mol. The predicted octanol–water partition coefficient (Wildman–Crippen LogP) is 15.4. The number of aromatic hydroxyl groups is 3. The summed E-state index contributed by atoms with van der Waals surface area (Å²) in [5, 5.41) is 51.5. The normalized spacial score (nSPS) is 17.4. The lowest BCUT2D eigenvalue weighted by Gasteiger charge is -2.51. The summed E-state index contributed by atoms with van der Waals surface area (Å²) in [7, 11) is 1.21. The number of carboxylic acids is 2. The van der Waals surface area contributed by atoms with E-state index in [0.717, 1.165) is 68.3 Å². The average molecular weight is 2000 g/mol. The number of carboxylic acid groups (broad SMARTS) is 2. The lowest BCUT2D eigenvalue weighted by molar-refractivity contribution is -0.139. The standard InChI is InChI=1S/C36H36F3N5O5.2C35H34F3N5O5/c1-7-26(46)42-16-21-15-41(17-27(47)49-6)35-34(43(21)14-20(42)5)22-13-24(38)29(28-23(37)9-8-10-25(28)45)30(39)33(22)44(36(35)48)32-19(4)11-12-40-31(32)18(2)3;2*1-6-25(45)41-15-20-14-40(16-26(46)47)34-33(42(20)13-19(41)5)21-12-23(37)28(27-22(36)8-7-9-24(27)44)29(38)32(21)43(35(34)48)31-18(4)10-11-39-30(31)17(2)3/h7-13,18,20-21,45H,1,14-17H2,2-6H3;2*6-12,17,19-20,44H,1,13-16H2,2-5H3,(H,46,47)/t20-,21+;2*19-,20+/m111/s1. The summed E-state index contributed by atoms with van der Waals surface area (Å²) in [6.07, 6.45) is 8.23. The Morgan fingerprint density at radius 2 is 0.641 bits per heavy atom. The van der Waals surface area contributed by atoms with E-state index in [9.17, 15) is 63.9 Å². The largest absolute Gasteiger partial charge is 0.507 e. The third-order valence-corrected chi connectivity index (χ3v) is 27.6. The number of piperazine rings is 3. The topological polar surface area (TPSA) is 347 Å². The zero-order chi connectivity index (χ0) is 105. The number of hydrogen-bond acceptors (Lipinski definition) is 22. The molecule has 0 unspecified atom stereocenters. The number of hydrogen-bond donors (Lipinski definition) is 5. The number of methoxy groups -OCH3 is 1. The van der Waals surface area contributed by atoms with Gasteiger partial charge in [-0.15, -0.1) is 0 Å². The molecule has 3 amide bonds. The number of pyridine rings is 6. The van der Waals surface area contributed by atoms with Crippen LogP contribution in [-0.4, -0.2) is 226 Å². The Morgan fingerprint density at radius 1 is 0.379 bits per heavy atom. The van der Waals surface area contributed by atoms with Gasteiger partial charge in [-0.25, -0.2) is 39.5 Å². The summed E-state index contributed by atoms with van der Waals surface area (Å²) >= 11 is 0. The number of aromatic nitrogens is 6. The van der Waals surface area contributed by atoms with Gasteiger partial charge in [-0.3, -0.25) is 71.8 Å². The summed E-state index contributed by atoms with van der Waals surface area (Å²) in [6.45, 7) is 31.8. The molecule has 12 aromatic rings. The van der Waals surface area contributed by atoms with Crippen LogP contribution < -0.4 is 46.1 Å². The SMILES string of the molecule is C=CC(=O)N1C[C@@H]2CN(CC(=O)O)c3c(c4cc(F)c(-c5c(O)cccc5F)c(F)c4n(-c4c(C)ccnc4C(C)C)c3=O)N2C[C@H]1C.C=CC(=O)N1C[C@@H]2CN(CC(=O)O)c3c(c4cc(F)c(-c5c(O)cccc5F)c(F)c4n(-c4c(C)ccnc4C(C)C)c3=O)N2C[C@H]1C.C=CC(=O)N1C[C@@H]2CN(CC(=O)OC)c3c(c4cc(F)c(-c5c(O)cccc5F)c(F)c4n(-c4c(C)ccnc4C(C)C)c3=O)N2C[C@H]1C. The second-order valence-electron chi connectivity index (χ2n) is 37.8. The van der Waals surface area contributed by atoms with Crippen LogP contribution in [0.1, 0.15) is 114 Å². The second-order valence-corrected chi connectivity index (χ2v) is 37.8. The van der Waals surface area contributed by atoms with Crippen LogP contribution in [0.25, 0.3) is 83.2 Å². The van der Waals surface area contributed by atoms with Crippen LogP contribution in [0.4, 0.5) is 73.6 Å². The Bertz CT molecular complexity index is 7310. The van der Waals surface area contributed by atoms with Crippen molar-refractivity contribution in [3.05, 3.63) is 265 Å². The number of rotatable bonds is 18. The number of anilines is 6. The minimum absolute atomic E-state index is 0.00287. The average Bonchev–Trinajstić information content (AvgIpc) is 0.707. The van der Waals surface area contributed by atoms with Crippen molar-refractivity contribution in [1.82, 2.24) is 43.4 Å². The number of phenolic OH excluding ortho intramolecular Hbond substituents is 3. The molecular formula is C106H104F9N15O15. The van der Waals surface area contributed by atoms with Crippen LogP contribution in [0.2, 0.25) is 0 Å². The number of aryl methyl sites for hydroxylation is 3. The fourth-order valence-electron chi connectivity index (χ4n) is 21.2. The fraction of sp³-hybridized carbons (Fsp3) is 0.321. The van der Waals surface area contributed by atoms with E-state index in [1.54, 1.807) is 95.9 Å². The maximum Gasteiger partial charge on any atom is 0.325 e. The van der Waals surface area contributed by atoms with Gasteiger partial charge in [0.2, 0.25) is 17.7 Å². The number of nitrogens with zero attached hydrogens (tertiary/aromatic N) is 15. The van der Waals surface area contributed by atoms with Gasteiger partial charge in [0.25, 0.3) is 16.7 Å². The van der Waals surface area contributed by atoms with Gasteiger partial charge >= 0.3 is 17.9 Å². The highest BCUT2D eigenvalue weighted by atomic mass is 19.2. The molecule has 12 heterocycles. The molecule has 0 radical (unpaired) electrons. The van der Waals surface area contributed by atoms with Crippen LogP contribution in [0, 0.1) is 73.1 Å². The number of carbonyl (C=O) groups excluding carboxylic acids is 4. The molecule has 0 saturated carbocycles. The maximum absolute atomic E-state index is 17.3. The van der Waals surface area contributed by atoms with Crippen molar-refractivity contribution < 1.29 is 98.6 Å². The molecule has 5 N–H and O–H groups in total. The zero-order valence-corrected chi connectivity index (χ0v) is 81.4. The third-order valence-electron chi connectivity index (χ3n) is 27.6. The van der Waals surface area contributed by atoms with Crippen LogP contribution in [-0.2, 0) is 33.5 Å². The Morgan fingerprint density at radius 3 is 0.876 bits per heavy atom. The monoisotopic (exact) mass is 2000 g/mol. The van der Waals surface area contributed by atoms with Crippen LogP contribution >= 0.6 is 0 Å². The molecule has 0 bridgehead atoms. The maximum atomic E-state index is 17.3. The number of benzene rings is 6. The van der Waals surface area contributed by atoms with Crippen LogP contribution in [0.3, 0.4) is 0 Å². The van der Waals surface area contributed by atoms with E-state index in [-0.39, 0.29) is 174 Å². The molecule has 3 fully saturated rings. The van der Waals surface area contributed by atoms with Crippen molar-refractivity contribution in [3.63, 3.8) is 0 Å². The second kappa shape index (κ2) is 39.7. The van der Waals surface area contributed by atoms with Gasteiger partial charge in [0.05, 0.1) is 126 Å². The van der Waals surface area contributed by atoms with Crippen molar-refractivity contribution in [2.45, 2.75) is 137 Å². The molecule has 3 saturated heterocycles. The molecule has 6 aliphatic rings. The first-order valence-corrected chi connectivity index (χ1v) is 46.8. The van der Waals surface area contributed by atoms with E-state index in [1.165, 1.54) is 58.2 Å². The number of amides is 3. The molecule has 6 atom stereocenters. The minimum Gasteiger partial charge on any atom is -0.507 e. The zero-order valence-electron chi connectivity index (χ0n) is 81.4.